The molecule has 0 fully saturated rings. The third-order valence-corrected chi connectivity index (χ3v) is 0. The van der Waals surface area contributed by atoms with E-state index in [4.69, 9.17) is 29.5 Å². The summed E-state index contributed by atoms with van der Waals surface area (Å²) >= 11 is 0. The summed E-state index contributed by atoms with van der Waals surface area (Å²) in [6, 6.07) is 0. The van der Waals surface area contributed by atoms with Gasteiger partial charge < -0.3 is 29.5 Å². The summed E-state index contributed by atoms with van der Waals surface area (Å²) in [5.41, 5.74) is 0. The molecule has 0 aromatic carbocycles. The zero-order valence-electron chi connectivity index (χ0n) is 2.69. The first-order valence-corrected chi connectivity index (χ1v) is 0.463. The maximum atomic E-state index is 8.25. The molecule has 0 aliphatic rings. The Kier molecular flexibility index (Phi) is 949. The van der Waals surface area contributed by atoms with E-state index >= 15 is 0 Å². The van der Waals surface area contributed by atoms with Crippen LogP contribution in [0.1, 0.15) is 0 Å². The summed E-state index contributed by atoms with van der Waals surface area (Å²) in [7, 11) is 0. The van der Waals surface area contributed by atoms with E-state index < -0.39 is 0 Å². The summed E-state index contributed by atoms with van der Waals surface area (Å²) in [5.74, 6) is 0. The predicted octanol–water partition coefficient (Wildman–Crippen LogP) is -2.31. The van der Waals surface area contributed by atoms with Crippen molar-refractivity contribution in [3.63, 3.8) is 0 Å². The van der Waals surface area contributed by atoms with Crippen LogP contribution in [0.2, 0.25) is 0 Å². The Morgan fingerprint density at radius 2 is 0.571 bits per heavy atom. The van der Waals surface area contributed by atoms with Gasteiger partial charge in [-0.2, -0.15) is 0 Å². The molecule has 0 aromatic rings. The summed E-state index contributed by atoms with van der Waals surface area (Å²) < 4.78 is 24.8. The molecular formula is F3O3Tb. The molecule has 0 aliphatic heterocycles. The second kappa shape index (κ2) is 270. The van der Waals surface area contributed by atoms with E-state index in [0.29, 0.717) is 0 Å². The van der Waals surface area contributed by atoms with E-state index in [-0.39, 0.29) is 38.6 Å². The van der Waals surface area contributed by atoms with Crippen molar-refractivity contribution in [3.05, 3.63) is 0 Å². The molecule has 0 amide bonds. The maximum Gasteiger partial charge on any atom is 3.00 e. The van der Waals surface area contributed by atoms with Crippen molar-refractivity contribution in [2.45, 2.75) is 0 Å². The Balaban J connectivity index is -0.00000000900. The van der Waals surface area contributed by atoms with Gasteiger partial charge >= 0.3 is 38.6 Å². The summed E-state index contributed by atoms with van der Waals surface area (Å²) in [4.78, 5) is 0. The van der Waals surface area contributed by atoms with Gasteiger partial charge in [-0.25, -0.2) is 0 Å². The number of rotatable bonds is 0. The first-order valence-electron chi connectivity index (χ1n) is 0.463. The summed E-state index contributed by atoms with van der Waals surface area (Å²) in [6.45, 7) is 0. The molecule has 0 aromatic heterocycles. The van der Waals surface area contributed by atoms with Crippen molar-refractivity contribution in [1.82, 2.24) is 0 Å². The fraction of sp³-hybridized carbons (Fsp3) is 0. The fourth-order valence-corrected chi connectivity index (χ4v) is 0. The average molecular weight is 264 g/mol. The summed E-state index contributed by atoms with van der Waals surface area (Å²) in [6.07, 6.45) is 0. The molecule has 0 N–H and O–H groups in total. The van der Waals surface area contributed by atoms with Crippen LogP contribution in [0.15, 0.2) is 0 Å². The van der Waals surface area contributed by atoms with E-state index in [9.17, 15) is 0 Å². The standard InChI is InChI=1S/3FO.Tb/c3*1-2;/q3*-1;+3. The van der Waals surface area contributed by atoms with Gasteiger partial charge in [0.15, 0.2) is 0 Å². The molecule has 0 spiro atoms. The molecule has 0 bridgehead atoms. The van der Waals surface area contributed by atoms with Crippen LogP contribution in [-0.2, 0) is 0 Å². The second-order valence-electron chi connectivity index (χ2n) is 0. The van der Waals surface area contributed by atoms with Crippen molar-refractivity contribution in [2.75, 3.05) is 0 Å². The van der Waals surface area contributed by atoms with E-state index in [1.54, 1.807) is 0 Å². The Hall–Kier alpha value is 0.956. The van der Waals surface area contributed by atoms with Crippen LogP contribution in [0.5, 0.6) is 0 Å². The Labute approximate surface area is 67.9 Å². The van der Waals surface area contributed by atoms with Crippen LogP contribution in [0.25, 0.3) is 0 Å². The zero-order valence-corrected chi connectivity index (χ0v) is 4.83. The Morgan fingerprint density at radius 3 is 0.571 bits per heavy atom. The van der Waals surface area contributed by atoms with Crippen molar-refractivity contribution in [1.29, 1.82) is 0 Å². The van der Waals surface area contributed by atoms with E-state index in [1.165, 1.54) is 0 Å². The third kappa shape index (κ3) is 187. The SMILES string of the molecule is [O-]F.[O-]F.[O-]F.[Tb+3]. The van der Waals surface area contributed by atoms with Crippen molar-refractivity contribution >= 4 is 0 Å². The van der Waals surface area contributed by atoms with Gasteiger partial charge in [0.2, 0.25) is 0 Å². The number of hydrogen-bond acceptors (Lipinski definition) is 3. The molecule has 0 rings (SSSR count). The van der Waals surface area contributed by atoms with Gasteiger partial charge in [-0.3, -0.25) is 0 Å². The molecule has 0 aliphatic carbocycles. The van der Waals surface area contributed by atoms with Crippen molar-refractivity contribution in [2.24, 2.45) is 0 Å². The van der Waals surface area contributed by atoms with Crippen LogP contribution in [0.3, 0.4) is 0 Å². The first-order chi connectivity index (χ1) is 3.00. The van der Waals surface area contributed by atoms with Crippen LogP contribution in [0, 0.1) is 38.6 Å². The minimum Gasteiger partial charge on any atom is -0.682 e. The van der Waals surface area contributed by atoms with E-state index in [0.717, 1.165) is 0 Å². The van der Waals surface area contributed by atoms with Gasteiger partial charge in [0.05, 0.1) is 0 Å². The quantitative estimate of drug-likeness (QED) is 0.493. The minimum atomic E-state index is 0. The monoisotopic (exact) mass is 264 g/mol. The zero-order chi connectivity index (χ0) is 6.00. The van der Waals surface area contributed by atoms with Gasteiger partial charge in [0.25, 0.3) is 0 Å². The molecule has 7 heteroatoms. The van der Waals surface area contributed by atoms with Gasteiger partial charge in [0.1, 0.15) is 0 Å². The smallest absolute Gasteiger partial charge is 0.682 e. The van der Waals surface area contributed by atoms with E-state index in [1.807, 2.05) is 0 Å². The molecule has 0 atom stereocenters. The molecule has 0 saturated heterocycles. The first kappa shape index (κ1) is 24.6. The van der Waals surface area contributed by atoms with Crippen LogP contribution in [-0.4, -0.2) is 0 Å². The molecule has 0 unspecified atom stereocenters. The third-order valence-electron chi connectivity index (χ3n) is 0. The second-order valence-corrected chi connectivity index (χ2v) is 0. The van der Waals surface area contributed by atoms with E-state index in [2.05, 4.69) is 0 Å². The topological polar surface area (TPSA) is 69.2 Å². The van der Waals surface area contributed by atoms with Gasteiger partial charge in [0, 0.05) is 0 Å². The molecule has 0 heterocycles. The molecule has 3 nitrogen and oxygen atoms in total. The van der Waals surface area contributed by atoms with Crippen LogP contribution < -0.4 is 15.9 Å². The number of halogens is 3. The Bertz CT molecular complexity index is 10.1. The minimum absolute atomic E-state index is 0. The fourth-order valence-electron chi connectivity index (χ4n) is 0. The van der Waals surface area contributed by atoms with Gasteiger partial charge in [-0.1, -0.05) is 0 Å². The van der Waals surface area contributed by atoms with Gasteiger partial charge in [-0.15, -0.1) is 0 Å². The van der Waals surface area contributed by atoms with Crippen LogP contribution >= 0.6 is 0 Å². The normalized spacial score (nSPS) is 2.57. The molecule has 0 saturated carbocycles. The van der Waals surface area contributed by atoms with Crippen molar-refractivity contribution < 1.29 is 68.1 Å². The van der Waals surface area contributed by atoms with Crippen LogP contribution in [0.4, 0.5) is 13.6 Å². The number of hydrogen-bond donors (Lipinski definition) is 0. The largest absolute Gasteiger partial charge is 3.00 e. The molecule has 7 heavy (non-hydrogen) atoms. The molecule has 0 radical (unpaired) electrons. The maximum absolute atomic E-state index is 8.25. The molecule has 48 valence electrons. The average Bonchev–Trinajstić information content (AvgIpc) is 1.81. The summed E-state index contributed by atoms with van der Waals surface area (Å²) in [5, 5.41) is 20.2. The Morgan fingerprint density at radius 1 is 0.571 bits per heavy atom. The predicted molar refractivity (Wildman–Crippen MR) is 3.32 cm³/mol. The molecular weight excluding hydrogens is 264 g/mol. The van der Waals surface area contributed by atoms with Gasteiger partial charge in [-0.05, 0) is 0 Å². The van der Waals surface area contributed by atoms with Crippen molar-refractivity contribution in [3.8, 4) is 0 Å².